The molecule has 0 unspecified atom stereocenters. The van der Waals surface area contributed by atoms with Gasteiger partial charge >= 0.3 is 5.97 Å². The molecular weight excluding hydrogens is 284 g/mol. The van der Waals surface area contributed by atoms with Gasteiger partial charge in [-0.15, -0.1) is 11.3 Å². The molecule has 0 bridgehead atoms. The second-order valence-corrected chi connectivity index (χ2v) is 5.76. The van der Waals surface area contributed by atoms with Crippen molar-refractivity contribution in [3.05, 3.63) is 64.5 Å². The SMILES string of the molecule is Cc1ccc(C(=O)O)c(OCc2csc3ccccc23)c1. The molecule has 3 aromatic rings. The van der Waals surface area contributed by atoms with Gasteiger partial charge in [0.1, 0.15) is 17.9 Å². The van der Waals surface area contributed by atoms with Crippen LogP contribution in [-0.4, -0.2) is 11.1 Å². The maximum absolute atomic E-state index is 11.2. The van der Waals surface area contributed by atoms with Crippen LogP contribution in [0.15, 0.2) is 47.8 Å². The van der Waals surface area contributed by atoms with Crippen LogP contribution in [0.4, 0.5) is 0 Å². The Balaban J connectivity index is 1.88. The van der Waals surface area contributed by atoms with E-state index in [4.69, 9.17) is 4.74 Å². The van der Waals surface area contributed by atoms with Crippen molar-refractivity contribution < 1.29 is 14.6 Å². The smallest absolute Gasteiger partial charge is 0.339 e. The number of ether oxygens (including phenoxy) is 1. The number of aromatic carboxylic acids is 1. The molecule has 2 aromatic carbocycles. The molecular formula is C17H14O3S. The molecule has 0 radical (unpaired) electrons. The van der Waals surface area contributed by atoms with Crippen LogP contribution < -0.4 is 4.74 Å². The number of carbonyl (C=O) groups is 1. The Morgan fingerprint density at radius 3 is 2.86 bits per heavy atom. The molecule has 0 aliphatic rings. The number of carboxylic acids is 1. The highest BCUT2D eigenvalue weighted by atomic mass is 32.1. The lowest BCUT2D eigenvalue weighted by Gasteiger charge is -2.09. The molecule has 0 aliphatic carbocycles. The predicted octanol–water partition coefficient (Wildman–Crippen LogP) is 4.49. The summed E-state index contributed by atoms with van der Waals surface area (Å²) in [5, 5.41) is 12.4. The van der Waals surface area contributed by atoms with Gasteiger partial charge < -0.3 is 9.84 Å². The number of hydrogen-bond acceptors (Lipinski definition) is 3. The highest BCUT2D eigenvalue weighted by molar-refractivity contribution is 7.17. The van der Waals surface area contributed by atoms with E-state index >= 15 is 0 Å². The van der Waals surface area contributed by atoms with Crippen LogP contribution in [0.1, 0.15) is 21.5 Å². The number of hydrogen-bond donors (Lipinski definition) is 1. The third-order valence-corrected chi connectivity index (χ3v) is 4.32. The lowest BCUT2D eigenvalue weighted by molar-refractivity contribution is 0.0692. The van der Waals surface area contributed by atoms with Gasteiger partial charge in [0.05, 0.1) is 0 Å². The first kappa shape index (κ1) is 13.6. The summed E-state index contributed by atoms with van der Waals surface area (Å²) in [6.45, 7) is 2.28. The molecule has 106 valence electrons. The number of rotatable bonds is 4. The van der Waals surface area contributed by atoms with Gasteiger partial charge in [0.15, 0.2) is 0 Å². The summed E-state index contributed by atoms with van der Waals surface area (Å²) in [6.07, 6.45) is 0. The summed E-state index contributed by atoms with van der Waals surface area (Å²) >= 11 is 1.67. The van der Waals surface area contributed by atoms with Crippen LogP contribution >= 0.6 is 11.3 Å². The van der Waals surface area contributed by atoms with Crippen molar-refractivity contribution in [3.63, 3.8) is 0 Å². The summed E-state index contributed by atoms with van der Waals surface area (Å²) in [6, 6.07) is 13.2. The van der Waals surface area contributed by atoms with E-state index in [1.807, 2.05) is 19.1 Å². The minimum absolute atomic E-state index is 0.195. The van der Waals surface area contributed by atoms with Gasteiger partial charge in [-0.25, -0.2) is 4.79 Å². The standard InChI is InChI=1S/C17H14O3S/c1-11-6-7-14(17(18)19)15(8-11)20-9-12-10-21-16-5-3-2-4-13(12)16/h2-8,10H,9H2,1H3,(H,18,19). The molecule has 3 nitrogen and oxygen atoms in total. The highest BCUT2D eigenvalue weighted by Gasteiger charge is 2.12. The molecule has 4 heteroatoms. The van der Waals surface area contributed by atoms with Crippen LogP contribution in [0, 0.1) is 6.92 Å². The van der Waals surface area contributed by atoms with E-state index in [0.29, 0.717) is 12.4 Å². The lowest BCUT2D eigenvalue weighted by Crippen LogP contribution is -2.03. The Morgan fingerprint density at radius 2 is 2.05 bits per heavy atom. The minimum atomic E-state index is -0.972. The van der Waals surface area contributed by atoms with Crippen molar-refractivity contribution in [2.45, 2.75) is 13.5 Å². The lowest BCUT2D eigenvalue weighted by atomic mass is 10.1. The molecule has 0 saturated heterocycles. The normalized spacial score (nSPS) is 10.7. The molecule has 1 N–H and O–H groups in total. The third kappa shape index (κ3) is 2.76. The molecule has 0 fully saturated rings. The van der Waals surface area contributed by atoms with E-state index in [9.17, 15) is 9.90 Å². The zero-order valence-corrected chi connectivity index (χ0v) is 12.3. The predicted molar refractivity (Wildman–Crippen MR) is 84.3 cm³/mol. The third-order valence-electron chi connectivity index (χ3n) is 3.31. The van der Waals surface area contributed by atoms with Gasteiger partial charge in [-0.05, 0) is 41.5 Å². The van der Waals surface area contributed by atoms with Crippen LogP contribution in [0.3, 0.4) is 0 Å². The monoisotopic (exact) mass is 298 g/mol. The Labute approximate surface area is 126 Å². The molecule has 21 heavy (non-hydrogen) atoms. The largest absolute Gasteiger partial charge is 0.488 e. The molecule has 0 spiro atoms. The fourth-order valence-electron chi connectivity index (χ4n) is 2.23. The summed E-state index contributed by atoms with van der Waals surface area (Å²) in [7, 11) is 0. The topological polar surface area (TPSA) is 46.5 Å². The molecule has 1 aromatic heterocycles. The van der Waals surface area contributed by atoms with Crippen molar-refractivity contribution >= 4 is 27.4 Å². The maximum atomic E-state index is 11.2. The maximum Gasteiger partial charge on any atom is 0.339 e. The fourth-order valence-corrected chi connectivity index (χ4v) is 3.17. The Hall–Kier alpha value is -2.33. The van der Waals surface area contributed by atoms with Crippen molar-refractivity contribution in [2.75, 3.05) is 0 Å². The zero-order chi connectivity index (χ0) is 14.8. The van der Waals surface area contributed by atoms with E-state index in [1.165, 1.54) is 4.70 Å². The fraction of sp³-hybridized carbons (Fsp3) is 0.118. The highest BCUT2D eigenvalue weighted by Crippen LogP contribution is 2.28. The second-order valence-electron chi connectivity index (χ2n) is 4.85. The molecule has 1 heterocycles. The number of thiophene rings is 1. The summed E-state index contributed by atoms with van der Waals surface area (Å²) in [4.78, 5) is 11.2. The van der Waals surface area contributed by atoms with Gasteiger partial charge in [-0.1, -0.05) is 24.3 Å². The van der Waals surface area contributed by atoms with Crippen LogP contribution in [-0.2, 0) is 6.61 Å². The first-order chi connectivity index (χ1) is 10.1. The Kier molecular flexibility index (Phi) is 3.62. The van der Waals surface area contributed by atoms with Gasteiger partial charge in [0.2, 0.25) is 0 Å². The van der Waals surface area contributed by atoms with Crippen molar-refractivity contribution in [2.24, 2.45) is 0 Å². The van der Waals surface area contributed by atoms with E-state index in [2.05, 4.69) is 17.5 Å². The first-order valence-corrected chi connectivity index (χ1v) is 7.45. The van der Waals surface area contributed by atoms with Gasteiger partial charge in [-0.2, -0.15) is 0 Å². The van der Waals surface area contributed by atoms with Crippen LogP contribution in [0.25, 0.3) is 10.1 Å². The number of aryl methyl sites for hydroxylation is 1. The number of carboxylic acid groups (broad SMARTS) is 1. The van der Waals surface area contributed by atoms with E-state index in [-0.39, 0.29) is 5.56 Å². The molecule has 3 rings (SSSR count). The first-order valence-electron chi connectivity index (χ1n) is 6.57. The molecule has 0 aliphatic heterocycles. The average molecular weight is 298 g/mol. The number of fused-ring (bicyclic) bond motifs is 1. The van der Waals surface area contributed by atoms with Crippen molar-refractivity contribution in [1.29, 1.82) is 0 Å². The van der Waals surface area contributed by atoms with Gasteiger partial charge in [0.25, 0.3) is 0 Å². The van der Waals surface area contributed by atoms with Crippen molar-refractivity contribution in [1.82, 2.24) is 0 Å². The molecule has 0 atom stereocenters. The van der Waals surface area contributed by atoms with E-state index in [0.717, 1.165) is 16.5 Å². The molecule has 0 saturated carbocycles. The number of benzene rings is 2. The van der Waals surface area contributed by atoms with Crippen molar-refractivity contribution in [3.8, 4) is 5.75 Å². The van der Waals surface area contributed by atoms with E-state index in [1.54, 1.807) is 29.5 Å². The summed E-state index contributed by atoms with van der Waals surface area (Å²) in [5.41, 5.74) is 2.25. The van der Waals surface area contributed by atoms with Gasteiger partial charge in [0, 0.05) is 10.3 Å². The van der Waals surface area contributed by atoms with Gasteiger partial charge in [-0.3, -0.25) is 0 Å². The minimum Gasteiger partial charge on any atom is -0.488 e. The van der Waals surface area contributed by atoms with Crippen LogP contribution in [0.5, 0.6) is 5.75 Å². The van der Waals surface area contributed by atoms with Crippen LogP contribution in [0.2, 0.25) is 0 Å². The second kappa shape index (κ2) is 5.58. The average Bonchev–Trinajstić information content (AvgIpc) is 2.88. The summed E-state index contributed by atoms with van der Waals surface area (Å²) in [5.74, 6) is -0.557. The molecule has 0 amide bonds. The van der Waals surface area contributed by atoms with E-state index < -0.39 is 5.97 Å². The zero-order valence-electron chi connectivity index (χ0n) is 11.5. The quantitative estimate of drug-likeness (QED) is 0.772. The summed E-state index contributed by atoms with van der Waals surface area (Å²) < 4.78 is 6.96. The Morgan fingerprint density at radius 1 is 1.24 bits per heavy atom. The Bertz CT molecular complexity index is 805.